The quantitative estimate of drug-likeness (QED) is 0.0427. The minimum absolute atomic E-state index is 0.0976. The van der Waals surface area contributed by atoms with Crippen molar-refractivity contribution in [2.75, 3.05) is 12.0 Å². The molecule has 1 saturated carbocycles. The Morgan fingerprint density at radius 3 is 2.48 bits per heavy atom. The number of fused-ring (bicyclic) bond motifs is 1. The Morgan fingerprint density at radius 1 is 1.04 bits per heavy atom. The van der Waals surface area contributed by atoms with Gasteiger partial charge in [-0.25, -0.2) is 19.4 Å². The molecule has 1 fully saturated rings. The Morgan fingerprint density at radius 2 is 1.77 bits per heavy atom. The van der Waals surface area contributed by atoms with Gasteiger partial charge in [0, 0.05) is 17.4 Å². The van der Waals surface area contributed by atoms with Crippen LogP contribution in [0.4, 0.5) is 11.4 Å². The summed E-state index contributed by atoms with van der Waals surface area (Å²) < 4.78 is 19.8. The molecule has 0 spiro atoms. The van der Waals surface area contributed by atoms with E-state index in [9.17, 15) is 14.7 Å². The number of nitrogens with zero attached hydrogens (tertiary/aromatic N) is 3. The maximum absolute atomic E-state index is 13.6. The van der Waals surface area contributed by atoms with E-state index in [1.807, 2.05) is 44.2 Å². The summed E-state index contributed by atoms with van der Waals surface area (Å²) in [4.78, 5) is 34.0. The van der Waals surface area contributed by atoms with E-state index in [1.54, 1.807) is 16.8 Å². The maximum atomic E-state index is 13.6. The number of rotatable bonds is 17. The van der Waals surface area contributed by atoms with Crippen molar-refractivity contribution in [3.63, 3.8) is 0 Å². The standard InChI is InChI=1S/C41H53N5O6/c1-8-9-10-11-12-13-14-34(40(47)48)51-33-18-15-25(2)21-35(33)50-24-43-31-22-30(17-16-27(31)4)38-44-39-36(32(42-7)23-46(39)45-38)41(49)52-37-28(5)19-26(3)20-29(37)6/h15-18,21-23,26,28-29,34,37,43H,8-14,19-20,24H2,1-6H3,(H,44,45)(H,47,48). The first-order valence-corrected chi connectivity index (χ1v) is 18.7. The lowest BCUT2D eigenvalue weighted by Gasteiger charge is -2.37. The summed E-state index contributed by atoms with van der Waals surface area (Å²) in [7, 11) is 0. The van der Waals surface area contributed by atoms with Crippen molar-refractivity contribution in [3.8, 4) is 22.9 Å². The molecule has 11 heteroatoms. The number of aliphatic carboxylic acids is 1. The highest BCUT2D eigenvalue weighted by atomic mass is 16.5. The predicted octanol–water partition coefficient (Wildman–Crippen LogP) is 9.76. The summed E-state index contributed by atoms with van der Waals surface area (Å²) >= 11 is 0. The van der Waals surface area contributed by atoms with Gasteiger partial charge in [0.15, 0.2) is 35.8 Å². The van der Waals surface area contributed by atoms with E-state index in [-0.39, 0.29) is 35.9 Å². The summed E-state index contributed by atoms with van der Waals surface area (Å²) in [5.74, 6) is 0.905. The van der Waals surface area contributed by atoms with Crippen molar-refractivity contribution >= 4 is 29.0 Å². The molecule has 2 aromatic carbocycles. The highest BCUT2D eigenvalue weighted by molar-refractivity contribution is 6.03. The number of carboxylic acids is 1. The minimum atomic E-state index is -0.988. The van der Waals surface area contributed by atoms with Gasteiger partial charge in [-0.1, -0.05) is 78.0 Å². The van der Waals surface area contributed by atoms with Gasteiger partial charge in [0.25, 0.3) is 0 Å². The third-order valence-corrected chi connectivity index (χ3v) is 10.1. The lowest BCUT2D eigenvalue weighted by Crippen LogP contribution is -2.37. The molecule has 3 atom stereocenters. The van der Waals surface area contributed by atoms with Crippen molar-refractivity contribution in [2.24, 2.45) is 17.8 Å². The zero-order valence-electron chi connectivity index (χ0n) is 31.3. The van der Waals surface area contributed by atoms with E-state index < -0.39 is 18.0 Å². The van der Waals surface area contributed by atoms with Gasteiger partial charge in [0.1, 0.15) is 11.7 Å². The van der Waals surface area contributed by atoms with Crippen LogP contribution >= 0.6 is 0 Å². The SMILES string of the molecule is [C-]#[N+]c1cn2[nH]c(-c3ccc(C)c(NCOc4cc(C)ccc4OC(CCCCCCCC)C(=O)O)c3)nc2c1C(=O)OC1C(C)CC(C)CC1C. The Bertz CT molecular complexity index is 1880. The summed E-state index contributed by atoms with van der Waals surface area (Å²) in [5, 5.41) is 16.4. The lowest BCUT2D eigenvalue weighted by atomic mass is 9.75. The van der Waals surface area contributed by atoms with Crippen LogP contribution in [-0.2, 0) is 9.53 Å². The number of carbonyl (C=O) groups excluding carboxylic acids is 1. The van der Waals surface area contributed by atoms with Crippen molar-refractivity contribution < 1.29 is 28.9 Å². The number of anilines is 1. The number of esters is 1. The Labute approximate surface area is 306 Å². The normalized spacial score (nSPS) is 19.2. The van der Waals surface area contributed by atoms with Gasteiger partial charge >= 0.3 is 11.9 Å². The zero-order chi connectivity index (χ0) is 37.4. The van der Waals surface area contributed by atoms with Gasteiger partial charge in [-0.05, 0) is 86.6 Å². The zero-order valence-corrected chi connectivity index (χ0v) is 31.3. The molecule has 5 rings (SSSR count). The van der Waals surface area contributed by atoms with E-state index in [0.29, 0.717) is 35.3 Å². The molecule has 0 saturated heterocycles. The molecule has 2 heterocycles. The topological polar surface area (TPSA) is 132 Å². The number of ether oxygens (including phenoxy) is 3. The van der Waals surface area contributed by atoms with Crippen LogP contribution in [-0.4, -0.2) is 50.6 Å². The molecule has 278 valence electrons. The molecule has 1 aliphatic carbocycles. The van der Waals surface area contributed by atoms with Crippen LogP contribution in [0.25, 0.3) is 21.9 Å². The Balaban J connectivity index is 1.27. The number of aryl methyl sites for hydroxylation is 2. The molecule has 11 nitrogen and oxygen atoms in total. The van der Waals surface area contributed by atoms with Gasteiger partial charge in [0.2, 0.25) is 5.69 Å². The van der Waals surface area contributed by atoms with Crippen LogP contribution in [0, 0.1) is 38.2 Å². The van der Waals surface area contributed by atoms with Gasteiger partial charge in [-0.15, -0.1) is 0 Å². The fraction of sp³-hybridized carbons (Fsp3) is 0.512. The fourth-order valence-corrected chi connectivity index (χ4v) is 7.42. The summed E-state index contributed by atoms with van der Waals surface area (Å²) in [6, 6.07) is 11.3. The van der Waals surface area contributed by atoms with Crippen LogP contribution in [0.3, 0.4) is 0 Å². The molecular weight excluding hydrogens is 658 g/mol. The van der Waals surface area contributed by atoms with E-state index in [4.69, 9.17) is 25.8 Å². The van der Waals surface area contributed by atoms with E-state index in [2.05, 4.69) is 43.0 Å². The van der Waals surface area contributed by atoms with Crippen LogP contribution in [0.1, 0.15) is 107 Å². The van der Waals surface area contributed by atoms with Crippen LogP contribution < -0.4 is 14.8 Å². The monoisotopic (exact) mass is 711 g/mol. The van der Waals surface area contributed by atoms with Crippen LogP contribution in [0.5, 0.6) is 11.5 Å². The van der Waals surface area contributed by atoms with Crippen molar-refractivity contribution in [3.05, 3.63) is 70.7 Å². The number of nitrogens with one attached hydrogen (secondary N) is 2. The maximum Gasteiger partial charge on any atom is 0.344 e. The number of hydrogen-bond acceptors (Lipinski definition) is 7. The number of unbranched alkanes of at least 4 members (excludes halogenated alkanes) is 5. The molecular formula is C41H53N5O6. The van der Waals surface area contributed by atoms with E-state index >= 15 is 0 Å². The van der Waals surface area contributed by atoms with Gasteiger partial charge in [-0.3, -0.25) is 9.61 Å². The van der Waals surface area contributed by atoms with E-state index in [0.717, 1.165) is 54.5 Å². The average molecular weight is 712 g/mol. The predicted molar refractivity (Wildman–Crippen MR) is 202 cm³/mol. The van der Waals surface area contributed by atoms with Crippen molar-refractivity contribution in [2.45, 2.75) is 112 Å². The molecule has 4 aromatic rings. The van der Waals surface area contributed by atoms with Gasteiger partial charge in [0.05, 0.1) is 6.57 Å². The van der Waals surface area contributed by atoms with Crippen molar-refractivity contribution in [1.29, 1.82) is 0 Å². The number of carboxylic acid groups (broad SMARTS) is 1. The molecule has 3 unspecified atom stereocenters. The molecule has 0 amide bonds. The Kier molecular flexibility index (Phi) is 12.9. The second kappa shape index (κ2) is 17.5. The highest BCUT2D eigenvalue weighted by Gasteiger charge is 2.35. The van der Waals surface area contributed by atoms with Gasteiger partial charge in [-0.2, -0.15) is 0 Å². The number of aromatic nitrogens is 3. The number of hydrogen-bond donors (Lipinski definition) is 3. The molecule has 3 N–H and O–H groups in total. The smallest absolute Gasteiger partial charge is 0.344 e. The molecule has 2 aromatic heterocycles. The number of carbonyl (C=O) groups is 2. The first-order valence-electron chi connectivity index (χ1n) is 18.7. The third-order valence-electron chi connectivity index (χ3n) is 10.1. The summed E-state index contributed by atoms with van der Waals surface area (Å²) in [6.45, 7) is 20.4. The van der Waals surface area contributed by atoms with E-state index in [1.165, 1.54) is 19.3 Å². The van der Waals surface area contributed by atoms with Gasteiger partial charge < -0.3 is 24.6 Å². The molecule has 0 radical (unpaired) electrons. The number of aromatic amines is 1. The largest absolute Gasteiger partial charge is 0.479 e. The minimum Gasteiger partial charge on any atom is -0.479 e. The summed E-state index contributed by atoms with van der Waals surface area (Å²) in [6.07, 6.45) is 9.23. The third kappa shape index (κ3) is 9.27. The van der Waals surface area contributed by atoms with Crippen LogP contribution in [0.2, 0.25) is 0 Å². The lowest BCUT2D eigenvalue weighted by molar-refractivity contribution is -0.145. The number of H-pyrrole nitrogens is 1. The summed E-state index contributed by atoms with van der Waals surface area (Å²) in [5.41, 5.74) is 4.21. The highest BCUT2D eigenvalue weighted by Crippen LogP contribution is 2.37. The molecule has 0 bridgehead atoms. The number of benzene rings is 2. The fourth-order valence-electron chi connectivity index (χ4n) is 7.42. The molecule has 1 aliphatic rings. The first kappa shape index (κ1) is 38.3. The van der Waals surface area contributed by atoms with Crippen molar-refractivity contribution in [1.82, 2.24) is 14.6 Å². The second-order valence-electron chi connectivity index (χ2n) is 14.6. The second-order valence-corrected chi connectivity index (χ2v) is 14.6. The first-order chi connectivity index (χ1) is 25.0. The molecule has 52 heavy (non-hydrogen) atoms. The van der Waals surface area contributed by atoms with Crippen LogP contribution in [0.15, 0.2) is 42.6 Å². The average Bonchev–Trinajstić information content (AvgIpc) is 3.67. The molecule has 0 aliphatic heterocycles. The Hall–Kier alpha value is -4.98.